The molecule has 2 nitrogen and oxygen atoms in total. The third-order valence-electron chi connectivity index (χ3n) is 5.11. The second-order valence-corrected chi connectivity index (χ2v) is 7.97. The van der Waals surface area contributed by atoms with Crippen LogP contribution in [-0.2, 0) is 16.8 Å². The number of allylic oxidation sites excluding steroid dienone is 1. The smallest absolute Gasteiger partial charge is 0.127 e. The maximum Gasteiger partial charge on any atom is 0.127 e. The Morgan fingerprint density at radius 3 is 2.24 bits per heavy atom. The van der Waals surface area contributed by atoms with Crippen LogP contribution in [0, 0.1) is 0 Å². The Labute approximate surface area is 174 Å². The van der Waals surface area contributed by atoms with Gasteiger partial charge in [0.15, 0.2) is 0 Å². The van der Waals surface area contributed by atoms with Crippen LogP contribution in [-0.4, -0.2) is 6.61 Å². The highest BCUT2D eigenvalue weighted by Crippen LogP contribution is 2.27. The fraction of sp³-hybridized carbons (Fsp3) is 0.259. The molecule has 0 saturated heterocycles. The molecule has 3 rings (SSSR count). The highest BCUT2D eigenvalue weighted by Gasteiger charge is 2.21. The topological polar surface area (TPSA) is 18.5 Å². The molecule has 0 aliphatic carbocycles. The summed E-state index contributed by atoms with van der Waals surface area (Å²) in [5.74, 6) is 1.66. The summed E-state index contributed by atoms with van der Waals surface area (Å²) in [5.41, 5.74) is 4.69. The Morgan fingerprint density at radius 1 is 0.862 bits per heavy atom. The van der Waals surface area contributed by atoms with Crippen molar-refractivity contribution in [1.82, 2.24) is 0 Å². The van der Waals surface area contributed by atoms with E-state index in [1.54, 1.807) is 0 Å². The van der Waals surface area contributed by atoms with Gasteiger partial charge in [-0.3, -0.25) is 0 Å². The molecule has 29 heavy (non-hydrogen) atoms. The van der Waals surface area contributed by atoms with E-state index >= 15 is 0 Å². The molecule has 0 bridgehead atoms. The number of benzene rings is 3. The Bertz CT molecular complexity index is 924. The molecule has 2 heteroatoms. The van der Waals surface area contributed by atoms with E-state index in [-0.39, 0.29) is 5.41 Å². The van der Waals surface area contributed by atoms with Gasteiger partial charge in [0.05, 0.1) is 13.2 Å². The van der Waals surface area contributed by atoms with E-state index in [4.69, 9.17) is 9.47 Å². The SMILES string of the molecule is C=C(CC)c1ccc(C(C)(C)COCc2cccc(Oc3ccccc3)c2)cc1. The van der Waals surface area contributed by atoms with Crippen molar-refractivity contribution >= 4 is 5.57 Å². The van der Waals surface area contributed by atoms with Crippen LogP contribution in [0.25, 0.3) is 5.57 Å². The minimum atomic E-state index is -0.0653. The Balaban J connectivity index is 1.57. The van der Waals surface area contributed by atoms with Crippen LogP contribution < -0.4 is 4.74 Å². The van der Waals surface area contributed by atoms with Crippen LogP contribution in [0.5, 0.6) is 11.5 Å². The minimum absolute atomic E-state index is 0.0653. The predicted octanol–water partition coefficient (Wildman–Crippen LogP) is 7.40. The molecule has 0 spiro atoms. The van der Waals surface area contributed by atoms with Gasteiger partial charge in [0.2, 0.25) is 0 Å². The van der Waals surface area contributed by atoms with E-state index in [9.17, 15) is 0 Å². The molecular formula is C27H30O2. The van der Waals surface area contributed by atoms with Crippen molar-refractivity contribution in [3.63, 3.8) is 0 Å². The first-order valence-electron chi connectivity index (χ1n) is 10.2. The van der Waals surface area contributed by atoms with E-state index in [1.807, 2.05) is 48.5 Å². The quantitative estimate of drug-likeness (QED) is 0.381. The number of para-hydroxylation sites is 1. The molecule has 0 saturated carbocycles. The molecule has 0 fully saturated rings. The molecule has 0 heterocycles. The molecule has 0 amide bonds. The van der Waals surface area contributed by atoms with Gasteiger partial charge in [-0.2, -0.15) is 0 Å². The fourth-order valence-corrected chi connectivity index (χ4v) is 3.19. The lowest BCUT2D eigenvalue weighted by Gasteiger charge is -2.25. The van der Waals surface area contributed by atoms with Crippen LogP contribution in [0.3, 0.4) is 0 Å². The first-order valence-corrected chi connectivity index (χ1v) is 10.2. The zero-order valence-electron chi connectivity index (χ0n) is 17.7. The summed E-state index contributed by atoms with van der Waals surface area (Å²) in [6.07, 6.45) is 0.971. The van der Waals surface area contributed by atoms with Crippen molar-refractivity contribution in [2.75, 3.05) is 6.61 Å². The molecule has 0 aliphatic heterocycles. The number of ether oxygens (including phenoxy) is 2. The van der Waals surface area contributed by atoms with Gasteiger partial charge >= 0.3 is 0 Å². The molecule has 0 unspecified atom stereocenters. The van der Waals surface area contributed by atoms with Gasteiger partial charge in [-0.25, -0.2) is 0 Å². The fourth-order valence-electron chi connectivity index (χ4n) is 3.19. The summed E-state index contributed by atoms with van der Waals surface area (Å²) in [5, 5.41) is 0. The molecule has 0 aromatic heterocycles. The molecule has 0 aliphatic rings. The van der Waals surface area contributed by atoms with Crippen molar-refractivity contribution in [1.29, 1.82) is 0 Å². The van der Waals surface area contributed by atoms with Gasteiger partial charge in [0.1, 0.15) is 11.5 Å². The summed E-state index contributed by atoms with van der Waals surface area (Å²) in [7, 11) is 0. The second-order valence-electron chi connectivity index (χ2n) is 7.97. The van der Waals surface area contributed by atoms with Crippen molar-refractivity contribution in [2.24, 2.45) is 0 Å². The van der Waals surface area contributed by atoms with E-state index in [2.05, 4.69) is 57.7 Å². The highest BCUT2D eigenvalue weighted by molar-refractivity contribution is 5.63. The van der Waals surface area contributed by atoms with Crippen molar-refractivity contribution in [2.45, 2.75) is 39.2 Å². The monoisotopic (exact) mass is 386 g/mol. The summed E-state index contributed by atoms with van der Waals surface area (Å²) in [6.45, 7) is 11.9. The normalized spacial score (nSPS) is 11.3. The zero-order chi connectivity index (χ0) is 20.7. The van der Waals surface area contributed by atoms with Crippen LogP contribution in [0.1, 0.15) is 43.9 Å². The lowest BCUT2D eigenvalue weighted by molar-refractivity contribution is 0.0824. The number of rotatable bonds is 9. The maximum absolute atomic E-state index is 6.07. The molecule has 0 radical (unpaired) electrons. The molecule has 3 aromatic rings. The average Bonchev–Trinajstić information content (AvgIpc) is 2.74. The highest BCUT2D eigenvalue weighted by atomic mass is 16.5. The summed E-state index contributed by atoms with van der Waals surface area (Å²) in [4.78, 5) is 0. The van der Waals surface area contributed by atoms with E-state index in [0.717, 1.165) is 23.5 Å². The summed E-state index contributed by atoms with van der Waals surface area (Å²) >= 11 is 0. The van der Waals surface area contributed by atoms with Gasteiger partial charge in [0.25, 0.3) is 0 Å². The molecule has 0 atom stereocenters. The minimum Gasteiger partial charge on any atom is -0.457 e. The van der Waals surface area contributed by atoms with Crippen LogP contribution in [0.2, 0.25) is 0 Å². The third kappa shape index (κ3) is 5.82. The van der Waals surface area contributed by atoms with Crippen LogP contribution in [0.15, 0.2) is 85.4 Å². The van der Waals surface area contributed by atoms with E-state index < -0.39 is 0 Å². The molecule has 0 N–H and O–H groups in total. The Kier molecular flexibility index (Phi) is 6.90. The van der Waals surface area contributed by atoms with E-state index in [1.165, 1.54) is 16.7 Å². The maximum atomic E-state index is 6.07. The van der Waals surface area contributed by atoms with Crippen LogP contribution in [0.4, 0.5) is 0 Å². The van der Waals surface area contributed by atoms with Crippen molar-refractivity contribution in [3.05, 3.63) is 102 Å². The molecule has 3 aromatic carbocycles. The largest absolute Gasteiger partial charge is 0.457 e. The van der Waals surface area contributed by atoms with Crippen LogP contribution >= 0.6 is 0 Å². The second kappa shape index (κ2) is 9.58. The number of hydrogen-bond acceptors (Lipinski definition) is 2. The lowest BCUT2D eigenvalue weighted by Crippen LogP contribution is -2.24. The van der Waals surface area contributed by atoms with Gasteiger partial charge in [-0.05, 0) is 52.9 Å². The van der Waals surface area contributed by atoms with Gasteiger partial charge < -0.3 is 9.47 Å². The average molecular weight is 387 g/mol. The molecule has 150 valence electrons. The third-order valence-corrected chi connectivity index (χ3v) is 5.11. The number of hydrogen-bond donors (Lipinski definition) is 0. The van der Waals surface area contributed by atoms with Crippen molar-refractivity contribution in [3.8, 4) is 11.5 Å². The predicted molar refractivity (Wildman–Crippen MR) is 121 cm³/mol. The van der Waals surface area contributed by atoms with Gasteiger partial charge in [0, 0.05) is 5.41 Å². The molecular weight excluding hydrogens is 356 g/mol. The van der Waals surface area contributed by atoms with Gasteiger partial charge in [-0.15, -0.1) is 0 Å². The summed E-state index contributed by atoms with van der Waals surface area (Å²) in [6, 6.07) is 26.6. The first kappa shape index (κ1) is 20.9. The Hall–Kier alpha value is -2.84. The van der Waals surface area contributed by atoms with Crippen molar-refractivity contribution < 1.29 is 9.47 Å². The Morgan fingerprint density at radius 2 is 1.55 bits per heavy atom. The lowest BCUT2D eigenvalue weighted by atomic mass is 9.84. The summed E-state index contributed by atoms with van der Waals surface area (Å²) < 4.78 is 12.0. The van der Waals surface area contributed by atoms with Gasteiger partial charge in [-0.1, -0.05) is 81.9 Å². The zero-order valence-corrected chi connectivity index (χ0v) is 17.7. The first-order chi connectivity index (χ1) is 14.0. The van der Waals surface area contributed by atoms with E-state index in [0.29, 0.717) is 13.2 Å². The standard InChI is InChI=1S/C27H30O2/c1-5-21(2)23-14-16-24(17-15-23)27(3,4)20-28-19-22-10-9-13-26(18-22)29-25-11-7-6-8-12-25/h6-18H,2,5,19-20H2,1,3-4H3.